The van der Waals surface area contributed by atoms with Crippen LogP contribution in [0.2, 0.25) is 0 Å². The number of thiophene rings is 1. The van der Waals surface area contributed by atoms with Gasteiger partial charge in [-0.3, -0.25) is 4.79 Å². The van der Waals surface area contributed by atoms with E-state index in [1.807, 2.05) is 24.8 Å². The highest BCUT2D eigenvalue weighted by Gasteiger charge is 2.36. The zero-order valence-corrected chi connectivity index (χ0v) is 13.9. The van der Waals surface area contributed by atoms with E-state index in [0.717, 1.165) is 17.5 Å². The molecule has 3 nitrogen and oxygen atoms in total. The van der Waals surface area contributed by atoms with Crippen LogP contribution < -0.4 is 0 Å². The lowest BCUT2D eigenvalue weighted by atomic mass is 10.1. The molecule has 0 aliphatic heterocycles. The molecule has 1 aliphatic rings. The van der Waals surface area contributed by atoms with Crippen molar-refractivity contribution in [2.75, 3.05) is 7.11 Å². The summed E-state index contributed by atoms with van der Waals surface area (Å²) in [7, 11) is 1.57. The molecule has 0 saturated heterocycles. The Kier molecular flexibility index (Phi) is 4.19. The van der Waals surface area contributed by atoms with E-state index in [9.17, 15) is 9.18 Å². The van der Waals surface area contributed by atoms with Crippen LogP contribution >= 0.6 is 11.3 Å². The normalized spacial score (nSPS) is 14.8. The number of benzene rings is 1. The summed E-state index contributed by atoms with van der Waals surface area (Å²) < 4.78 is 20.2. The van der Waals surface area contributed by atoms with Crippen molar-refractivity contribution in [2.45, 2.75) is 45.4 Å². The molecule has 2 aromatic rings. The molecule has 1 aromatic carbocycles. The highest BCUT2D eigenvalue weighted by Crippen LogP contribution is 2.37. The molecular formula is C17H20FNO2S. The molecule has 118 valence electrons. The molecule has 1 amide bonds. The van der Waals surface area contributed by atoms with Crippen LogP contribution in [0.15, 0.2) is 18.2 Å². The van der Waals surface area contributed by atoms with Crippen LogP contribution in [0.25, 0.3) is 10.1 Å². The van der Waals surface area contributed by atoms with Crippen LogP contribution in [0.5, 0.6) is 0 Å². The molecular weight excluding hydrogens is 301 g/mol. The lowest BCUT2D eigenvalue weighted by molar-refractivity contribution is 0.0691. The summed E-state index contributed by atoms with van der Waals surface area (Å²) in [5.74, 6) is -0.285. The van der Waals surface area contributed by atoms with Crippen molar-refractivity contribution >= 4 is 27.3 Å². The average molecular weight is 321 g/mol. The van der Waals surface area contributed by atoms with Gasteiger partial charge in [0.2, 0.25) is 0 Å². The van der Waals surface area contributed by atoms with Gasteiger partial charge in [-0.1, -0.05) is 6.07 Å². The number of ether oxygens (including phenoxy) is 1. The first-order chi connectivity index (χ1) is 10.5. The zero-order valence-electron chi connectivity index (χ0n) is 13.1. The van der Waals surface area contributed by atoms with Gasteiger partial charge in [0, 0.05) is 34.8 Å². The van der Waals surface area contributed by atoms with Crippen LogP contribution in [0, 0.1) is 5.82 Å². The van der Waals surface area contributed by atoms with E-state index in [2.05, 4.69) is 0 Å². The number of methoxy groups -OCH3 is 1. The summed E-state index contributed by atoms with van der Waals surface area (Å²) in [6, 6.07) is 5.45. The van der Waals surface area contributed by atoms with Crippen molar-refractivity contribution in [1.29, 1.82) is 0 Å². The first-order valence-corrected chi connectivity index (χ1v) is 8.37. The molecule has 0 unspecified atom stereocenters. The van der Waals surface area contributed by atoms with Gasteiger partial charge in [0.05, 0.1) is 11.5 Å². The van der Waals surface area contributed by atoms with Gasteiger partial charge in [-0.2, -0.15) is 0 Å². The van der Waals surface area contributed by atoms with Crippen LogP contribution in [0.3, 0.4) is 0 Å². The van der Waals surface area contributed by atoms with Gasteiger partial charge in [-0.25, -0.2) is 4.39 Å². The predicted octanol–water partition coefficient (Wildman–Crippen LogP) is 4.20. The standard InChI is InChI=1S/C17H20FNO2S/c1-10(2)19(11-7-8-11)17(20)16-12(9-21-3)15-13(18)5-4-6-14(15)22-16/h4-6,10-11H,7-9H2,1-3H3. The van der Waals surface area contributed by atoms with E-state index in [4.69, 9.17) is 4.74 Å². The largest absolute Gasteiger partial charge is 0.380 e. The Morgan fingerprint density at radius 3 is 2.77 bits per heavy atom. The highest BCUT2D eigenvalue weighted by atomic mass is 32.1. The highest BCUT2D eigenvalue weighted by molar-refractivity contribution is 7.21. The molecule has 0 bridgehead atoms. The second-order valence-electron chi connectivity index (χ2n) is 5.99. The quantitative estimate of drug-likeness (QED) is 0.826. The fraction of sp³-hybridized carbons (Fsp3) is 0.471. The molecule has 1 aliphatic carbocycles. The van der Waals surface area contributed by atoms with Crippen LogP contribution in [0.1, 0.15) is 41.9 Å². The van der Waals surface area contributed by atoms with Crippen molar-refractivity contribution < 1.29 is 13.9 Å². The van der Waals surface area contributed by atoms with Crippen molar-refractivity contribution in [3.63, 3.8) is 0 Å². The maximum Gasteiger partial charge on any atom is 0.264 e. The van der Waals surface area contributed by atoms with E-state index in [-0.39, 0.29) is 24.4 Å². The van der Waals surface area contributed by atoms with Crippen LogP contribution in [-0.2, 0) is 11.3 Å². The zero-order chi connectivity index (χ0) is 15.9. The number of halogens is 1. The fourth-order valence-corrected chi connectivity index (χ4v) is 4.08. The number of fused-ring (bicyclic) bond motifs is 1. The molecule has 5 heteroatoms. The molecule has 0 spiro atoms. The number of hydrogen-bond acceptors (Lipinski definition) is 3. The summed E-state index contributed by atoms with van der Waals surface area (Å²) >= 11 is 1.37. The first-order valence-electron chi connectivity index (χ1n) is 7.56. The fourth-order valence-electron chi connectivity index (χ4n) is 2.91. The minimum absolute atomic E-state index is 0.00477. The second kappa shape index (κ2) is 5.97. The maximum atomic E-state index is 14.2. The second-order valence-corrected chi connectivity index (χ2v) is 7.05. The Morgan fingerprint density at radius 2 is 2.18 bits per heavy atom. The molecule has 1 saturated carbocycles. The summed E-state index contributed by atoms with van der Waals surface area (Å²) in [5, 5.41) is 0.525. The lowest BCUT2D eigenvalue weighted by Gasteiger charge is -2.26. The average Bonchev–Trinajstić information content (AvgIpc) is 3.21. The predicted molar refractivity (Wildman–Crippen MR) is 86.8 cm³/mol. The third kappa shape index (κ3) is 2.63. The van der Waals surface area contributed by atoms with Gasteiger partial charge in [-0.15, -0.1) is 11.3 Å². The van der Waals surface area contributed by atoms with Crippen molar-refractivity contribution in [1.82, 2.24) is 4.90 Å². The monoisotopic (exact) mass is 321 g/mol. The SMILES string of the molecule is COCc1c(C(=O)N(C(C)C)C2CC2)sc2cccc(F)c12. The van der Waals surface area contributed by atoms with E-state index < -0.39 is 0 Å². The van der Waals surface area contributed by atoms with Crippen LogP contribution in [0.4, 0.5) is 4.39 Å². The smallest absolute Gasteiger partial charge is 0.264 e. The van der Waals surface area contributed by atoms with Crippen LogP contribution in [-0.4, -0.2) is 30.0 Å². The number of rotatable bonds is 5. The number of carbonyl (C=O) groups excluding carboxylic acids is 1. The summed E-state index contributed by atoms with van der Waals surface area (Å²) in [5.41, 5.74) is 0.678. The summed E-state index contributed by atoms with van der Waals surface area (Å²) in [6.45, 7) is 4.30. The van der Waals surface area contributed by atoms with E-state index >= 15 is 0 Å². The van der Waals surface area contributed by atoms with Gasteiger partial charge in [0.1, 0.15) is 5.82 Å². The Hall–Kier alpha value is -1.46. The van der Waals surface area contributed by atoms with Crippen molar-refractivity contribution in [2.24, 2.45) is 0 Å². The first kappa shape index (κ1) is 15.4. The molecule has 3 rings (SSSR count). The molecule has 22 heavy (non-hydrogen) atoms. The van der Waals surface area contributed by atoms with Gasteiger partial charge < -0.3 is 9.64 Å². The van der Waals surface area contributed by atoms with E-state index in [1.165, 1.54) is 17.4 Å². The topological polar surface area (TPSA) is 29.5 Å². The van der Waals surface area contributed by atoms with E-state index in [1.54, 1.807) is 13.2 Å². The summed E-state index contributed by atoms with van der Waals surface area (Å²) in [6.07, 6.45) is 2.12. The molecule has 0 atom stereocenters. The van der Waals surface area contributed by atoms with Gasteiger partial charge in [-0.05, 0) is 38.8 Å². The Morgan fingerprint density at radius 1 is 1.45 bits per heavy atom. The number of nitrogens with zero attached hydrogens (tertiary/aromatic N) is 1. The maximum absolute atomic E-state index is 14.2. The Labute approximate surface area is 133 Å². The third-order valence-electron chi connectivity index (χ3n) is 3.98. The Bertz CT molecular complexity index is 704. The lowest BCUT2D eigenvalue weighted by Crippen LogP contribution is -2.38. The van der Waals surface area contributed by atoms with Crippen molar-refractivity contribution in [3.8, 4) is 0 Å². The molecule has 1 fully saturated rings. The molecule has 1 aromatic heterocycles. The minimum atomic E-state index is -0.289. The third-order valence-corrected chi connectivity index (χ3v) is 5.16. The minimum Gasteiger partial charge on any atom is -0.380 e. The number of hydrogen-bond donors (Lipinski definition) is 0. The molecule has 1 heterocycles. The molecule has 0 radical (unpaired) electrons. The molecule has 0 N–H and O–H groups in total. The number of carbonyl (C=O) groups is 1. The van der Waals surface area contributed by atoms with Gasteiger partial charge in [0.25, 0.3) is 5.91 Å². The Balaban J connectivity index is 2.11. The van der Waals surface area contributed by atoms with Gasteiger partial charge in [0.15, 0.2) is 0 Å². The summed E-state index contributed by atoms with van der Waals surface area (Å²) in [4.78, 5) is 15.5. The van der Waals surface area contributed by atoms with E-state index in [0.29, 0.717) is 21.9 Å². The van der Waals surface area contributed by atoms with Crippen molar-refractivity contribution in [3.05, 3.63) is 34.5 Å². The number of amides is 1. The van der Waals surface area contributed by atoms with Gasteiger partial charge >= 0.3 is 0 Å².